The average molecular weight is 501 g/mol. The molecule has 2 N–H and O–H groups in total. The van der Waals surface area contributed by atoms with Gasteiger partial charge in [0.05, 0.1) is 13.5 Å². The van der Waals surface area contributed by atoms with Crippen molar-refractivity contribution in [2.75, 3.05) is 13.7 Å². The van der Waals surface area contributed by atoms with Gasteiger partial charge in [0.15, 0.2) is 16.9 Å². The number of methoxy groups -OCH3 is 1. The Hall–Kier alpha value is -4.72. The van der Waals surface area contributed by atoms with Crippen molar-refractivity contribution >= 4 is 16.9 Å². The summed E-state index contributed by atoms with van der Waals surface area (Å²) in [5.41, 5.74) is 2.10. The molecule has 3 aromatic carbocycles. The van der Waals surface area contributed by atoms with Crippen LogP contribution < -0.4 is 19.6 Å². The van der Waals surface area contributed by atoms with Gasteiger partial charge in [0, 0.05) is 29.2 Å². The fourth-order valence-corrected chi connectivity index (χ4v) is 4.46. The number of esters is 1. The second-order valence-electron chi connectivity index (χ2n) is 8.92. The SMILES string of the molecule is C=C(C)COc1cccc(C2CC(=O)Oc3cc(O)c4c(=O)cc(-c5ccc(OC)c(O)c5)oc4c32)c1. The monoisotopic (exact) mass is 500 g/mol. The lowest BCUT2D eigenvalue weighted by atomic mass is 9.85. The summed E-state index contributed by atoms with van der Waals surface area (Å²) in [4.78, 5) is 25.7. The fraction of sp³-hybridized carbons (Fsp3) is 0.172. The lowest BCUT2D eigenvalue weighted by molar-refractivity contribution is -0.135. The molecule has 8 nitrogen and oxygen atoms in total. The number of phenolic OH excluding ortho intramolecular Hbond substituents is 2. The van der Waals surface area contributed by atoms with E-state index in [1.54, 1.807) is 18.2 Å². The van der Waals surface area contributed by atoms with E-state index in [0.717, 1.165) is 11.1 Å². The number of phenols is 2. The molecule has 1 aromatic heterocycles. The Morgan fingerprint density at radius 2 is 1.89 bits per heavy atom. The number of benzene rings is 3. The van der Waals surface area contributed by atoms with E-state index in [1.165, 1.54) is 25.3 Å². The van der Waals surface area contributed by atoms with E-state index in [-0.39, 0.29) is 46.1 Å². The van der Waals surface area contributed by atoms with Crippen molar-refractivity contribution in [3.05, 3.63) is 88.1 Å². The first-order valence-corrected chi connectivity index (χ1v) is 11.5. The molecule has 0 spiro atoms. The Labute approximate surface area is 212 Å². The van der Waals surface area contributed by atoms with Gasteiger partial charge in [0.2, 0.25) is 0 Å². The predicted octanol–water partition coefficient (Wildman–Crippen LogP) is 5.28. The zero-order valence-electron chi connectivity index (χ0n) is 20.2. The first kappa shape index (κ1) is 24.0. The standard InChI is InChI=1S/C29H24O8/c1-15(2)14-35-18-6-4-5-16(9-18)19-11-26(33)36-25-13-22(32)28-21(31)12-24(37-29(28)27(19)25)17-7-8-23(34-3)20(30)10-17/h4-10,12-13,19,30,32H,1,11,14H2,2-3H3. The van der Waals surface area contributed by atoms with Gasteiger partial charge in [-0.25, -0.2) is 0 Å². The largest absolute Gasteiger partial charge is 0.507 e. The molecule has 1 aliphatic rings. The second kappa shape index (κ2) is 9.39. The zero-order chi connectivity index (χ0) is 26.3. The van der Waals surface area contributed by atoms with Gasteiger partial charge < -0.3 is 28.8 Å². The van der Waals surface area contributed by atoms with Gasteiger partial charge in [0.25, 0.3) is 0 Å². The van der Waals surface area contributed by atoms with Crippen LogP contribution in [0.1, 0.15) is 30.4 Å². The topological polar surface area (TPSA) is 115 Å². The van der Waals surface area contributed by atoms with Gasteiger partial charge >= 0.3 is 5.97 Å². The quantitative estimate of drug-likeness (QED) is 0.209. The van der Waals surface area contributed by atoms with Crippen molar-refractivity contribution in [3.8, 4) is 40.1 Å². The van der Waals surface area contributed by atoms with Crippen LogP contribution in [0.3, 0.4) is 0 Å². The van der Waals surface area contributed by atoms with E-state index in [1.807, 2.05) is 25.1 Å². The van der Waals surface area contributed by atoms with E-state index >= 15 is 0 Å². The molecule has 0 saturated heterocycles. The number of fused-ring (bicyclic) bond motifs is 3. The average Bonchev–Trinajstić information content (AvgIpc) is 2.86. The van der Waals surface area contributed by atoms with Crippen molar-refractivity contribution in [2.45, 2.75) is 19.3 Å². The molecule has 1 atom stereocenters. The molecule has 8 heteroatoms. The number of carbonyl (C=O) groups is 1. The first-order valence-electron chi connectivity index (χ1n) is 11.5. The van der Waals surface area contributed by atoms with Gasteiger partial charge in [-0.05, 0) is 48.4 Å². The van der Waals surface area contributed by atoms with Crippen LogP contribution in [0.5, 0.6) is 28.7 Å². The molecule has 0 aliphatic carbocycles. The lowest BCUT2D eigenvalue weighted by Crippen LogP contribution is -2.22. The van der Waals surface area contributed by atoms with Crippen LogP contribution in [0.25, 0.3) is 22.3 Å². The smallest absolute Gasteiger partial charge is 0.312 e. The number of rotatable bonds is 6. The molecule has 37 heavy (non-hydrogen) atoms. The van der Waals surface area contributed by atoms with E-state index < -0.39 is 17.3 Å². The highest BCUT2D eigenvalue weighted by molar-refractivity contribution is 5.93. The summed E-state index contributed by atoms with van der Waals surface area (Å²) in [6.07, 6.45) is -0.00588. The van der Waals surface area contributed by atoms with Crippen LogP contribution in [0, 0.1) is 0 Å². The molecule has 2 heterocycles. The molecule has 188 valence electrons. The van der Waals surface area contributed by atoms with E-state index in [0.29, 0.717) is 23.5 Å². The van der Waals surface area contributed by atoms with Gasteiger partial charge in [-0.2, -0.15) is 0 Å². The fourth-order valence-electron chi connectivity index (χ4n) is 4.46. The normalized spacial score (nSPS) is 14.6. The van der Waals surface area contributed by atoms with Crippen molar-refractivity contribution < 1.29 is 33.6 Å². The summed E-state index contributed by atoms with van der Waals surface area (Å²) >= 11 is 0. The molecule has 0 amide bonds. The zero-order valence-corrected chi connectivity index (χ0v) is 20.2. The van der Waals surface area contributed by atoms with E-state index in [2.05, 4.69) is 6.58 Å². The minimum atomic E-state index is -0.532. The number of ether oxygens (including phenoxy) is 3. The van der Waals surface area contributed by atoms with Crippen LogP contribution in [0.4, 0.5) is 0 Å². The third-order valence-electron chi connectivity index (χ3n) is 6.13. The van der Waals surface area contributed by atoms with Crippen LogP contribution in [-0.4, -0.2) is 29.9 Å². The summed E-state index contributed by atoms with van der Waals surface area (Å²) in [5.74, 6) is -0.367. The van der Waals surface area contributed by atoms with E-state index in [9.17, 15) is 19.8 Å². The van der Waals surface area contributed by atoms with Crippen molar-refractivity contribution in [3.63, 3.8) is 0 Å². The molecule has 5 rings (SSSR count). The molecule has 1 aliphatic heterocycles. The summed E-state index contributed by atoms with van der Waals surface area (Å²) < 4.78 is 22.5. The number of hydrogen-bond acceptors (Lipinski definition) is 8. The van der Waals surface area contributed by atoms with Crippen LogP contribution >= 0.6 is 0 Å². The maximum atomic E-state index is 13.2. The minimum Gasteiger partial charge on any atom is -0.507 e. The third-order valence-corrected chi connectivity index (χ3v) is 6.13. The molecule has 1 unspecified atom stereocenters. The summed E-state index contributed by atoms with van der Waals surface area (Å²) in [6.45, 7) is 6.05. The summed E-state index contributed by atoms with van der Waals surface area (Å²) in [6, 6.07) is 14.4. The molecule has 0 radical (unpaired) electrons. The Bertz CT molecular complexity index is 1610. The number of hydrogen-bond donors (Lipinski definition) is 2. The van der Waals surface area contributed by atoms with Crippen LogP contribution in [0.2, 0.25) is 0 Å². The third kappa shape index (κ3) is 4.49. The Balaban J connectivity index is 1.71. The van der Waals surface area contributed by atoms with Crippen LogP contribution in [0.15, 0.2) is 76.0 Å². The minimum absolute atomic E-state index is 0.00588. The molecule has 0 fully saturated rings. The van der Waals surface area contributed by atoms with Gasteiger partial charge in [-0.3, -0.25) is 9.59 Å². The van der Waals surface area contributed by atoms with Crippen LogP contribution in [-0.2, 0) is 4.79 Å². The lowest BCUT2D eigenvalue weighted by Gasteiger charge is -2.26. The highest BCUT2D eigenvalue weighted by Gasteiger charge is 2.34. The maximum Gasteiger partial charge on any atom is 0.312 e. The Kier molecular flexibility index (Phi) is 6.09. The summed E-state index contributed by atoms with van der Waals surface area (Å²) in [5, 5.41) is 20.9. The highest BCUT2D eigenvalue weighted by Crippen LogP contribution is 2.46. The molecule has 0 bridgehead atoms. The van der Waals surface area contributed by atoms with Crippen molar-refractivity contribution in [1.29, 1.82) is 0 Å². The molecular weight excluding hydrogens is 476 g/mol. The van der Waals surface area contributed by atoms with Crippen molar-refractivity contribution in [2.24, 2.45) is 0 Å². The van der Waals surface area contributed by atoms with E-state index in [4.69, 9.17) is 18.6 Å². The second-order valence-corrected chi connectivity index (χ2v) is 8.92. The van der Waals surface area contributed by atoms with Gasteiger partial charge in [0.1, 0.15) is 40.6 Å². The Morgan fingerprint density at radius 1 is 1.08 bits per heavy atom. The number of carbonyl (C=O) groups excluding carboxylic acids is 1. The summed E-state index contributed by atoms with van der Waals surface area (Å²) in [7, 11) is 1.43. The predicted molar refractivity (Wildman–Crippen MR) is 137 cm³/mol. The Morgan fingerprint density at radius 3 is 2.62 bits per heavy atom. The van der Waals surface area contributed by atoms with Gasteiger partial charge in [-0.1, -0.05) is 18.7 Å². The highest BCUT2D eigenvalue weighted by atomic mass is 16.5. The molecule has 0 saturated carbocycles. The first-order chi connectivity index (χ1) is 17.7. The maximum absolute atomic E-state index is 13.2. The number of aromatic hydroxyl groups is 2. The van der Waals surface area contributed by atoms with Gasteiger partial charge in [-0.15, -0.1) is 0 Å². The van der Waals surface area contributed by atoms with Crippen molar-refractivity contribution in [1.82, 2.24) is 0 Å². The molecule has 4 aromatic rings. The molecular formula is C29H24O8.